The van der Waals surface area contributed by atoms with Crippen LogP contribution in [0.4, 0.5) is 0 Å². The van der Waals surface area contributed by atoms with Gasteiger partial charge in [0, 0.05) is 53.4 Å². The minimum atomic E-state index is -4.05. The van der Waals surface area contributed by atoms with Crippen LogP contribution in [0.1, 0.15) is 56.5 Å². The summed E-state index contributed by atoms with van der Waals surface area (Å²) in [6.07, 6.45) is 0. The maximum Gasteiger partial charge on any atom is 0.262 e. The zero-order valence-corrected chi connectivity index (χ0v) is 31.7. The molecule has 15 heteroatoms. The fraction of sp³-hybridized carbons (Fsp3) is 0.429. The van der Waals surface area contributed by atoms with Gasteiger partial charge in [-0.05, 0) is 76.2 Å². The van der Waals surface area contributed by atoms with Gasteiger partial charge in [0.2, 0.25) is 15.9 Å². The molecule has 4 N–H and O–H groups in total. The third-order valence-corrected chi connectivity index (χ3v) is 11.1. The van der Waals surface area contributed by atoms with E-state index in [1.54, 1.807) is 36.1 Å². The average Bonchev–Trinajstić information content (AvgIpc) is 3.46. The first kappa shape index (κ1) is 38.3. The molecular formula is C35H43Cl3N6O5S. The minimum absolute atomic E-state index is 0.0576. The number of nitrogens with zero attached hydrogens (tertiary/aromatic N) is 2. The summed E-state index contributed by atoms with van der Waals surface area (Å²) >= 11 is 19.1. The van der Waals surface area contributed by atoms with Crippen molar-refractivity contribution in [3.63, 3.8) is 0 Å². The highest BCUT2D eigenvalue weighted by Crippen LogP contribution is 2.46. The summed E-state index contributed by atoms with van der Waals surface area (Å²) in [7, 11) is -2.76. The number of rotatable bonds is 10. The maximum atomic E-state index is 15.2. The van der Waals surface area contributed by atoms with Gasteiger partial charge in [0.1, 0.15) is 10.6 Å². The number of piperazine rings is 1. The number of hydrogen-bond acceptors (Lipinski definition) is 8. The molecule has 0 aromatic heterocycles. The van der Waals surface area contributed by atoms with Crippen LogP contribution in [-0.4, -0.2) is 81.9 Å². The van der Waals surface area contributed by atoms with Crippen molar-refractivity contribution in [2.45, 2.75) is 55.9 Å². The zero-order valence-electron chi connectivity index (χ0n) is 28.6. The molecule has 3 aromatic rings. The van der Waals surface area contributed by atoms with Crippen LogP contribution in [-0.2, 0) is 25.3 Å². The van der Waals surface area contributed by atoms with Crippen molar-refractivity contribution < 1.29 is 22.7 Å². The smallest absolute Gasteiger partial charge is 0.262 e. The van der Waals surface area contributed by atoms with Gasteiger partial charge in [-0.1, -0.05) is 59.1 Å². The number of ether oxygens (including phenoxy) is 1. The molecule has 11 nitrogen and oxygen atoms in total. The van der Waals surface area contributed by atoms with Gasteiger partial charge in [-0.2, -0.15) is 0 Å². The number of hydrogen-bond donors (Lipinski definition) is 4. The fourth-order valence-corrected chi connectivity index (χ4v) is 7.91. The Morgan fingerprint density at radius 1 is 0.900 bits per heavy atom. The highest BCUT2D eigenvalue weighted by molar-refractivity contribution is 7.89. The number of amides is 2. The lowest BCUT2D eigenvalue weighted by Crippen LogP contribution is -2.62. The summed E-state index contributed by atoms with van der Waals surface area (Å²) < 4.78 is 34.9. The number of halogens is 3. The first-order chi connectivity index (χ1) is 23.6. The van der Waals surface area contributed by atoms with Crippen LogP contribution >= 0.6 is 34.8 Å². The molecule has 2 saturated heterocycles. The largest absolute Gasteiger partial charge is 0.493 e. The SMILES string of the molecule is CCOc1cc(Cl)c(S(=O)(=O)NC)cc1C1(C(=O)N2CCN(CC(=O)NC(C)(C)C)CC2)N[C@H](c2ccc(Cl)cc2)[C@H](c2ccc(Cl)cc2)N1. The second kappa shape index (κ2) is 15.3. The molecule has 5 rings (SSSR count). The van der Waals surface area contributed by atoms with E-state index in [4.69, 9.17) is 39.5 Å². The zero-order chi connectivity index (χ0) is 36.4. The predicted octanol–water partition coefficient (Wildman–Crippen LogP) is 4.84. The summed E-state index contributed by atoms with van der Waals surface area (Å²) in [6.45, 7) is 9.57. The summed E-state index contributed by atoms with van der Waals surface area (Å²) in [5, 5.41) is 11.3. The molecular weight excluding hydrogens is 723 g/mol. The summed E-state index contributed by atoms with van der Waals surface area (Å²) in [5.74, 6) is -0.196. The van der Waals surface area contributed by atoms with Gasteiger partial charge in [0.15, 0.2) is 5.66 Å². The van der Waals surface area contributed by atoms with Crippen LogP contribution in [0.5, 0.6) is 5.75 Å². The van der Waals surface area contributed by atoms with E-state index in [1.165, 1.54) is 19.2 Å². The molecule has 0 bridgehead atoms. The Hall–Kier alpha value is -2.94. The molecule has 2 amide bonds. The Labute approximate surface area is 309 Å². The van der Waals surface area contributed by atoms with Crippen LogP contribution < -0.4 is 25.4 Å². The van der Waals surface area contributed by atoms with E-state index in [-0.39, 0.29) is 51.7 Å². The van der Waals surface area contributed by atoms with E-state index in [2.05, 4.69) is 20.7 Å². The van der Waals surface area contributed by atoms with Crippen molar-refractivity contribution in [1.29, 1.82) is 0 Å². The van der Waals surface area contributed by atoms with Gasteiger partial charge >= 0.3 is 0 Å². The Bertz CT molecular complexity index is 1760. The monoisotopic (exact) mass is 764 g/mol. The van der Waals surface area contributed by atoms with Crippen molar-refractivity contribution in [3.05, 3.63) is 92.4 Å². The normalized spacial score (nSPS) is 21.6. The number of nitrogens with one attached hydrogen (secondary N) is 4. The van der Waals surface area contributed by atoms with Gasteiger partial charge in [0.05, 0.1) is 30.3 Å². The van der Waals surface area contributed by atoms with Crippen LogP contribution in [0.15, 0.2) is 65.6 Å². The van der Waals surface area contributed by atoms with Gasteiger partial charge in [0.25, 0.3) is 5.91 Å². The molecule has 2 aliphatic heterocycles. The number of carbonyl (C=O) groups is 2. The second-order valence-corrected chi connectivity index (χ2v) is 16.5. The average molecular weight is 766 g/mol. The van der Waals surface area contributed by atoms with Crippen molar-refractivity contribution in [2.24, 2.45) is 0 Å². The molecule has 270 valence electrons. The third-order valence-electron chi connectivity index (χ3n) is 8.69. The molecule has 0 spiro atoms. The maximum absolute atomic E-state index is 15.2. The molecule has 50 heavy (non-hydrogen) atoms. The van der Waals surface area contributed by atoms with Crippen molar-refractivity contribution in [3.8, 4) is 5.75 Å². The molecule has 3 atom stereocenters. The first-order valence-corrected chi connectivity index (χ1v) is 19.0. The van der Waals surface area contributed by atoms with Crippen LogP contribution in [0.25, 0.3) is 0 Å². The molecule has 2 aliphatic rings. The van der Waals surface area contributed by atoms with E-state index in [0.717, 1.165) is 11.1 Å². The summed E-state index contributed by atoms with van der Waals surface area (Å²) in [4.78, 5) is 31.4. The standard InChI is InChI=1S/C35H43Cl3N6O5S/c1-6-49-28-20-27(38)29(50(47,48)39-5)19-26(28)35(33(46)44-17-15-43(16-18-44)21-30(45)40-34(2,3)4)41-31(22-7-11-24(36)12-8-22)32(42-35)23-9-13-25(37)14-10-23/h7-14,19-20,31-32,39,41-42H,6,15-18,21H2,1-5H3,(H,40,45)/t31-,32+,35?. The third kappa shape index (κ3) is 8.40. The van der Waals surface area contributed by atoms with E-state index in [1.807, 2.05) is 49.9 Å². The molecule has 3 aromatic carbocycles. The van der Waals surface area contributed by atoms with Crippen LogP contribution in [0.2, 0.25) is 15.1 Å². The number of sulfonamides is 1. The lowest BCUT2D eigenvalue weighted by Gasteiger charge is -2.40. The van der Waals surface area contributed by atoms with Crippen molar-refractivity contribution in [2.75, 3.05) is 46.4 Å². The molecule has 0 radical (unpaired) electrons. The number of benzene rings is 3. The van der Waals surface area contributed by atoms with Gasteiger partial charge in [-0.3, -0.25) is 25.1 Å². The predicted molar refractivity (Wildman–Crippen MR) is 196 cm³/mol. The van der Waals surface area contributed by atoms with E-state index in [0.29, 0.717) is 36.2 Å². The Morgan fingerprint density at radius 3 is 1.88 bits per heavy atom. The summed E-state index contributed by atoms with van der Waals surface area (Å²) in [6, 6.07) is 16.5. The molecule has 0 aliphatic carbocycles. The van der Waals surface area contributed by atoms with Crippen molar-refractivity contribution >= 4 is 56.6 Å². The van der Waals surface area contributed by atoms with Crippen LogP contribution in [0.3, 0.4) is 0 Å². The molecule has 2 heterocycles. The van der Waals surface area contributed by atoms with Crippen molar-refractivity contribution in [1.82, 2.24) is 30.5 Å². The Morgan fingerprint density at radius 2 is 1.42 bits per heavy atom. The topological polar surface area (TPSA) is 132 Å². The second-order valence-electron chi connectivity index (χ2n) is 13.4. The fourth-order valence-electron chi connectivity index (χ4n) is 6.39. The van der Waals surface area contributed by atoms with Gasteiger partial charge < -0.3 is 15.0 Å². The van der Waals surface area contributed by atoms with Crippen LogP contribution in [0, 0.1) is 0 Å². The highest BCUT2D eigenvalue weighted by atomic mass is 35.5. The van der Waals surface area contributed by atoms with Gasteiger partial charge in [-0.15, -0.1) is 0 Å². The first-order valence-electron chi connectivity index (χ1n) is 16.4. The molecule has 2 fully saturated rings. The Kier molecular flexibility index (Phi) is 11.8. The highest BCUT2D eigenvalue weighted by Gasteiger charge is 2.55. The minimum Gasteiger partial charge on any atom is -0.493 e. The lowest BCUT2D eigenvalue weighted by molar-refractivity contribution is -0.141. The van der Waals surface area contributed by atoms with E-state index < -0.39 is 27.8 Å². The Balaban J connectivity index is 1.63. The van der Waals surface area contributed by atoms with Gasteiger partial charge in [-0.25, -0.2) is 13.1 Å². The summed E-state index contributed by atoms with van der Waals surface area (Å²) in [5.41, 5.74) is -0.140. The molecule has 0 saturated carbocycles. The molecule has 1 unspecified atom stereocenters. The lowest BCUT2D eigenvalue weighted by atomic mass is 9.95. The number of carbonyl (C=O) groups excluding carboxylic acids is 2. The van der Waals surface area contributed by atoms with E-state index in [9.17, 15) is 13.2 Å². The van der Waals surface area contributed by atoms with E-state index >= 15 is 4.79 Å². The quantitative estimate of drug-likeness (QED) is 0.231.